The van der Waals surface area contributed by atoms with Gasteiger partial charge in [-0.2, -0.15) is 0 Å². The molecule has 2 rings (SSSR count). The number of primary amides is 1. The van der Waals surface area contributed by atoms with Crippen molar-refractivity contribution in [1.82, 2.24) is 4.90 Å². The second-order valence-electron chi connectivity index (χ2n) is 6.86. The second-order valence-corrected chi connectivity index (χ2v) is 6.86. The number of ether oxygens (including phenoxy) is 4. The summed E-state index contributed by atoms with van der Waals surface area (Å²) in [5.41, 5.74) is 7.71. The van der Waals surface area contributed by atoms with Crippen LogP contribution in [0.25, 0.3) is 0 Å². The lowest BCUT2D eigenvalue weighted by Gasteiger charge is -2.20. The summed E-state index contributed by atoms with van der Waals surface area (Å²) in [5.74, 6) is 0.626. The summed E-state index contributed by atoms with van der Waals surface area (Å²) in [7, 11) is 4.55. The number of hydrogen-bond donors (Lipinski definition) is 1. The predicted octanol–water partition coefficient (Wildman–Crippen LogP) is 2.34. The molecule has 0 unspecified atom stereocenters. The molecule has 2 amide bonds. The summed E-state index contributed by atoms with van der Waals surface area (Å²) in [6.45, 7) is 4.41. The quantitative estimate of drug-likeness (QED) is 0.638. The van der Waals surface area contributed by atoms with Gasteiger partial charge < -0.3 is 29.6 Å². The van der Waals surface area contributed by atoms with Crippen molar-refractivity contribution in [2.24, 2.45) is 5.73 Å². The number of carbonyl (C=O) groups excluding carboxylic acids is 2. The van der Waals surface area contributed by atoms with Crippen molar-refractivity contribution in [2.45, 2.75) is 13.8 Å². The first-order chi connectivity index (χ1) is 14.2. The Kier molecular flexibility index (Phi) is 7.91. The lowest BCUT2D eigenvalue weighted by atomic mass is 10.1. The Bertz CT molecular complexity index is 867. The van der Waals surface area contributed by atoms with Gasteiger partial charge in [-0.05, 0) is 49.2 Å². The largest absolute Gasteiger partial charge is 0.493 e. The first-order valence-corrected chi connectivity index (χ1v) is 9.38. The van der Waals surface area contributed by atoms with E-state index in [1.165, 1.54) is 26.4 Å². The van der Waals surface area contributed by atoms with E-state index in [1.54, 1.807) is 11.9 Å². The molecule has 2 aromatic carbocycles. The summed E-state index contributed by atoms with van der Waals surface area (Å²) in [6, 6.07) is 9.04. The average Bonchev–Trinajstić information content (AvgIpc) is 2.70. The maximum absolute atomic E-state index is 12.9. The zero-order chi connectivity index (χ0) is 22.3. The van der Waals surface area contributed by atoms with Crippen LogP contribution in [0.1, 0.15) is 21.5 Å². The van der Waals surface area contributed by atoms with Crippen LogP contribution in [-0.4, -0.2) is 57.7 Å². The van der Waals surface area contributed by atoms with Crippen LogP contribution in [0.3, 0.4) is 0 Å². The van der Waals surface area contributed by atoms with Gasteiger partial charge in [0.1, 0.15) is 12.4 Å². The molecule has 0 atom stereocenters. The van der Waals surface area contributed by atoms with E-state index in [2.05, 4.69) is 6.07 Å². The highest BCUT2D eigenvalue weighted by molar-refractivity contribution is 5.95. The van der Waals surface area contributed by atoms with Crippen molar-refractivity contribution in [2.75, 3.05) is 41.0 Å². The van der Waals surface area contributed by atoms with Crippen LogP contribution in [0.4, 0.5) is 0 Å². The first kappa shape index (κ1) is 22.9. The predicted molar refractivity (Wildman–Crippen MR) is 113 cm³/mol. The Morgan fingerprint density at radius 1 is 0.933 bits per heavy atom. The molecule has 8 nitrogen and oxygen atoms in total. The first-order valence-electron chi connectivity index (χ1n) is 9.38. The van der Waals surface area contributed by atoms with E-state index in [0.29, 0.717) is 18.7 Å². The number of rotatable bonds is 10. The molecule has 30 heavy (non-hydrogen) atoms. The molecule has 0 radical (unpaired) electrons. The molecule has 162 valence electrons. The molecule has 0 heterocycles. The molecular formula is C22H28N2O6. The molecule has 0 aliphatic heterocycles. The maximum Gasteiger partial charge on any atom is 0.255 e. The van der Waals surface area contributed by atoms with Gasteiger partial charge in [-0.3, -0.25) is 9.59 Å². The van der Waals surface area contributed by atoms with Gasteiger partial charge in [0.05, 0.1) is 20.8 Å². The Morgan fingerprint density at radius 2 is 1.50 bits per heavy atom. The molecule has 0 saturated carbocycles. The molecule has 0 aliphatic rings. The number of hydrogen-bond acceptors (Lipinski definition) is 6. The monoisotopic (exact) mass is 416 g/mol. The van der Waals surface area contributed by atoms with Crippen LogP contribution in [0.5, 0.6) is 23.0 Å². The standard InChI is InChI=1S/C22H28N2O6/c1-14-8-15(2)10-17(9-14)29-7-6-24(3)22(26)16-11-18(27-4)21(19(12-16)28-5)30-13-20(23)25/h8-12H,6-7,13H2,1-5H3,(H2,23,25). The number of amides is 2. The number of aryl methyl sites for hydroxylation is 2. The van der Waals surface area contributed by atoms with Gasteiger partial charge in [0.15, 0.2) is 18.1 Å². The lowest BCUT2D eigenvalue weighted by molar-refractivity contribution is -0.120. The number of nitrogens with two attached hydrogens (primary N) is 1. The molecule has 2 aromatic rings. The zero-order valence-electron chi connectivity index (χ0n) is 18.0. The SMILES string of the molecule is COc1cc(C(=O)N(C)CCOc2cc(C)cc(C)c2)cc(OC)c1OCC(N)=O. The van der Waals surface area contributed by atoms with E-state index >= 15 is 0 Å². The topological polar surface area (TPSA) is 100 Å². The summed E-state index contributed by atoms with van der Waals surface area (Å²) >= 11 is 0. The van der Waals surface area contributed by atoms with Gasteiger partial charge in [-0.1, -0.05) is 6.07 Å². The van der Waals surface area contributed by atoms with Gasteiger partial charge in [0.25, 0.3) is 11.8 Å². The van der Waals surface area contributed by atoms with Crippen molar-refractivity contribution < 1.29 is 28.5 Å². The molecule has 2 N–H and O–H groups in total. The van der Waals surface area contributed by atoms with E-state index in [-0.39, 0.29) is 29.8 Å². The summed E-state index contributed by atoms with van der Waals surface area (Å²) in [4.78, 5) is 25.4. The van der Waals surface area contributed by atoms with E-state index in [9.17, 15) is 9.59 Å². The lowest BCUT2D eigenvalue weighted by Crippen LogP contribution is -2.31. The molecule has 0 bridgehead atoms. The fraction of sp³-hybridized carbons (Fsp3) is 0.364. The van der Waals surface area contributed by atoms with E-state index < -0.39 is 5.91 Å². The maximum atomic E-state index is 12.9. The zero-order valence-corrected chi connectivity index (χ0v) is 18.0. The van der Waals surface area contributed by atoms with Crippen LogP contribution in [0, 0.1) is 13.8 Å². The number of methoxy groups -OCH3 is 2. The third-order valence-electron chi connectivity index (χ3n) is 4.30. The number of carbonyl (C=O) groups is 2. The third-order valence-corrected chi connectivity index (χ3v) is 4.30. The van der Waals surface area contributed by atoms with Crippen molar-refractivity contribution in [3.8, 4) is 23.0 Å². The van der Waals surface area contributed by atoms with Crippen LogP contribution in [0.2, 0.25) is 0 Å². The minimum atomic E-state index is -0.636. The van der Waals surface area contributed by atoms with Crippen LogP contribution < -0.4 is 24.7 Å². The van der Waals surface area contributed by atoms with E-state index in [4.69, 9.17) is 24.7 Å². The van der Waals surface area contributed by atoms with Gasteiger partial charge in [-0.25, -0.2) is 0 Å². The molecule has 0 spiro atoms. The molecule has 0 saturated heterocycles. The minimum absolute atomic E-state index is 0.205. The van der Waals surface area contributed by atoms with Crippen molar-refractivity contribution in [3.63, 3.8) is 0 Å². The molecular weight excluding hydrogens is 388 g/mol. The average molecular weight is 416 g/mol. The molecule has 0 fully saturated rings. The highest BCUT2D eigenvalue weighted by atomic mass is 16.5. The van der Waals surface area contributed by atoms with Crippen LogP contribution in [-0.2, 0) is 4.79 Å². The Labute approximate surface area is 176 Å². The third kappa shape index (κ3) is 6.04. The Hall–Kier alpha value is -3.42. The van der Waals surface area contributed by atoms with Gasteiger partial charge >= 0.3 is 0 Å². The normalized spacial score (nSPS) is 10.3. The minimum Gasteiger partial charge on any atom is -0.493 e. The fourth-order valence-corrected chi connectivity index (χ4v) is 2.93. The molecule has 0 aromatic heterocycles. The molecule has 0 aliphatic carbocycles. The van der Waals surface area contributed by atoms with Gasteiger partial charge in [-0.15, -0.1) is 0 Å². The second kappa shape index (κ2) is 10.4. The van der Waals surface area contributed by atoms with Crippen molar-refractivity contribution in [1.29, 1.82) is 0 Å². The van der Waals surface area contributed by atoms with Crippen LogP contribution >= 0.6 is 0 Å². The van der Waals surface area contributed by atoms with Crippen LogP contribution in [0.15, 0.2) is 30.3 Å². The highest BCUT2D eigenvalue weighted by Crippen LogP contribution is 2.38. The van der Waals surface area contributed by atoms with Crippen molar-refractivity contribution in [3.05, 3.63) is 47.0 Å². The fourth-order valence-electron chi connectivity index (χ4n) is 2.93. The van der Waals surface area contributed by atoms with Crippen molar-refractivity contribution >= 4 is 11.8 Å². The number of nitrogens with zero attached hydrogens (tertiary/aromatic N) is 1. The smallest absolute Gasteiger partial charge is 0.255 e. The Morgan fingerprint density at radius 3 is 2.00 bits per heavy atom. The number of benzene rings is 2. The van der Waals surface area contributed by atoms with Gasteiger partial charge in [0.2, 0.25) is 5.75 Å². The summed E-state index contributed by atoms with van der Waals surface area (Å²) in [5, 5.41) is 0. The van der Waals surface area contributed by atoms with E-state index in [0.717, 1.165) is 16.9 Å². The van der Waals surface area contributed by atoms with E-state index in [1.807, 2.05) is 26.0 Å². The highest BCUT2D eigenvalue weighted by Gasteiger charge is 2.20. The summed E-state index contributed by atoms with van der Waals surface area (Å²) < 4.78 is 21.7. The number of likely N-dealkylation sites (N-methyl/N-ethyl adjacent to an activating group) is 1. The summed E-state index contributed by atoms with van der Waals surface area (Å²) in [6.07, 6.45) is 0. The Balaban J connectivity index is 2.09. The molecule has 8 heteroatoms. The van der Waals surface area contributed by atoms with Gasteiger partial charge in [0, 0.05) is 12.6 Å².